The zero-order valence-corrected chi connectivity index (χ0v) is 11.3. The van der Waals surface area contributed by atoms with Crippen LogP contribution < -0.4 is 11.1 Å². The molecular weight excluding hydrogens is 224 g/mol. The molecule has 0 aliphatic carbocycles. The maximum absolute atomic E-state index is 11.2. The van der Waals surface area contributed by atoms with Gasteiger partial charge < -0.3 is 16.2 Å². The quantitative estimate of drug-likeness (QED) is 0.522. The number of nitrogens with one attached hydrogen (secondary N) is 1. The van der Waals surface area contributed by atoms with Gasteiger partial charge >= 0.3 is 0 Å². The van der Waals surface area contributed by atoms with E-state index in [0.29, 0.717) is 5.92 Å². The smallest absolute Gasteiger partial charge is 0.237 e. The monoisotopic (exact) mass is 248 g/mol. The van der Waals surface area contributed by atoms with Crippen LogP contribution >= 0.6 is 11.8 Å². The highest BCUT2D eigenvalue weighted by atomic mass is 32.2. The van der Waals surface area contributed by atoms with Gasteiger partial charge in [-0.25, -0.2) is 0 Å². The first kappa shape index (κ1) is 15.7. The highest BCUT2D eigenvalue weighted by molar-refractivity contribution is 7.99. The van der Waals surface area contributed by atoms with Crippen molar-refractivity contribution in [2.45, 2.75) is 32.2 Å². The maximum atomic E-state index is 11.2. The number of nitrogens with two attached hydrogens (primary N) is 1. The second-order valence-electron chi connectivity index (χ2n) is 4.41. The summed E-state index contributed by atoms with van der Waals surface area (Å²) in [7, 11) is 1.76. The fraction of sp³-hybridized carbons (Fsp3) is 0.909. The fourth-order valence-corrected chi connectivity index (χ4v) is 2.26. The largest absolute Gasteiger partial charge is 0.396 e. The molecule has 4 nitrogen and oxygen atoms in total. The van der Waals surface area contributed by atoms with Crippen molar-refractivity contribution < 1.29 is 9.90 Å². The summed E-state index contributed by atoms with van der Waals surface area (Å²) in [5.41, 5.74) is 4.73. The van der Waals surface area contributed by atoms with Gasteiger partial charge in [0.15, 0.2) is 0 Å². The van der Waals surface area contributed by atoms with Gasteiger partial charge in [-0.2, -0.15) is 11.8 Å². The number of hydrogen-bond donors (Lipinski definition) is 3. The second-order valence-corrected chi connectivity index (χ2v) is 5.56. The Kier molecular flexibility index (Phi) is 7.80. The first-order valence-electron chi connectivity index (χ1n) is 5.63. The van der Waals surface area contributed by atoms with Gasteiger partial charge in [-0.15, -0.1) is 0 Å². The molecule has 16 heavy (non-hydrogen) atoms. The van der Waals surface area contributed by atoms with Gasteiger partial charge in [-0.05, 0) is 44.2 Å². The lowest BCUT2D eigenvalue weighted by atomic mass is 9.96. The summed E-state index contributed by atoms with van der Waals surface area (Å²) in [5, 5.41) is 11.8. The molecule has 0 radical (unpaired) electrons. The maximum Gasteiger partial charge on any atom is 0.237 e. The van der Waals surface area contributed by atoms with Crippen molar-refractivity contribution in [1.29, 1.82) is 0 Å². The molecule has 0 aliphatic heterocycles. The van der Waals surface area contributed by atoms with E-state index in [4.69, 9.17) is 10.8 Å². The lowest BCUT2D eigenvalue weighted by Gasteiger charge is -2.25. The van der Waals surface area contributed by atoms with Gasteiger partial charge in [-0.3, -0.25) is 4.79 Å². The fourth-order valence-electron chi connectivity index (χ4n) is 1.24. The average Bonchev–Trinajstić information content (AvgIpc) is 2.27. The van der Waals surface area contributed by atoms with E-state index in [0.717, 1.165) is 24.3 Å². The first-order valence-corrected chi connectivity index (χ1v) is 6.79. The summed E-state index contributed by atoms with van der Waals surface area (Å²) in [6, 6.07) is 0. The zero-order valence-electron chi connectivity index (χ0n) is 10.5. The summed E-state index contributed by atoms with van der Waals surface area (Å²) in [6.45, 7) is 4.09. The van der Waals surface area contributed by atoms with Crippen molar-refractivity contribution in [2.75, 3.05) is 25.2 Å². The van der Waals surface area contributed by atoms with Crippen LogP contribution in [0.1, 0.15) is 26.7 Å². The van der Waals surface area contributed by atoms with Crippen LogP contribution in [0.3, 0.4) is 0 Å². The highest BCUT2D eigenvalue weighted by Gasteiger charge is 2.27. The lowest BCUT2D eigenvalue weighted by Crippen LogP contribution is -2.51. The minimum atomic E-state index is -0.594. The predicted octanol–water partition coefficient (Wildman–Crippen LogP) is 0.592. The minimum absolute atomic E-state index is 0.239. The third-order valence-corrected chi connectivity index (χ3v) is 4.16. The van der Waals surface area contributed by atoms with Gasteiger partial charge in [0.1, 0.15) is 0 Å². The molecule has 96 valence electrons. The topological polar surface area (TPSA) is 75.3 Å². The van der Waals surface area contributed by atoms with E-state index in [1.807, 2.05) is 25.6 Å². The van der Waals surface area contributed by atoms with Crippen molar-refractivity contribution in [3.63, 3.8) is 0 Å². The predicted molar refractivity (Wildman–Crippen MR) is 69.5 cm³/mol. The molecule has 1 amide bonds. The van der Waals surface area contributed by atoms with Gasteiger partial charge in [0, 0.05) is 6.61 Å². The number of likely N-dealkylation sites (N-methyl/N-ethyl adjacent to an activating group) is 1. The second kappa shape index (κ2) is 7.92. The standard InChI is InChI=1S/C11H24N2O2S/c1-9(7-14)8-16-6-4-5-11(2,13-3)10(12)15/h9,13-14H,4-8H2,1-3H3,(H2,12,15). The molecular formula is C11H24N2O2S. The number of thioether (sulfide) groups is 1. The molecule has 0 spiro atoms. The van der Waals surface area contributed by atoms with E-state index in [1.165, 1.54) is 0 Å². The van der Waals surface area contributed by atoms with Crippen molar-refractivity contribution >= 4 is 17.7 Å². The summed E-state index contributed by atoms with van der Waals surface area (Å²) >= 11 is 1.81. The molecule has 0 heterocycles. The van der Waals surface area contributed by atoms with Crippen LogP contribution in [-0.4, -0.2) is 41.7 Å². The van der Waals surface area contributed by atoms with Crippen molar-refractivity contribution in [3.8, 4) is 0 Å². The molecule has 5 heteroatoms. The van der Waals surface area contributed by atoms with E-state index < -0.39 is 5.54 Å². The minimum Gasteiger partial charge on any atom is -0.396 e. The van der Waals surface area contributed by atoms with Gasteiger partial charge in [0.25, 0.3) is 0 Å². The zero-order chi connectivity index (χ0) is 12.6. The number of amides is 1. The summed E-state index contributed by atoms with van der Waals surface area (Å²) < 4.78 is 0. The number of rotatable bonds is 9. The van der Waals surface area contributed by atoms with Crippen molar-refractivity contribution in [1.82, 2.24) is 5.32 Å². The number of carbonyl (C=O) groups is 1. The average molecular weight is 248 g/mol. The molecule has 0 fully saturated rings. The number of carbonyl (C=O) groups excluding carboxylic acids is 1. The van der Waals surface area contributed by atoms with Crippen LogP contribution in [0.4, 0.5) is 0 Å². The van der Waals surface area contributed by atoms with Crippen LogP contribution in [0.15, 0.2) is 0 Å². The van der Waals surface area contributed by atoms with E-state index in [9.17, 15) is 4.79 Å². The van der Waals surface area contributed by atoms with Crippen LogP contribution in [0.25, 0.3) is 0 Å². The van der Waals surface area contributed by atoms with Gasteiger partial charge in [0.05, 0.1) is 5.54 Å². The van der Waals surface area contributed by atoms with Crippen LogP contribution in [0.2, 0.25) is 0 Å². The Labute approximate surface area is 102 Å². The molecule has 0 aromatic rings. The molecule has 0 saturated heterocycles. The number of hydrogen-bond acceptors (Lipinski definition) is 4. The van der Waals surface area contributed by atoms with E-state index in [-0.39, 0.29) is 12.5 Å². The Bertz CT molecular complexity index is 214. The molecule has 0 aromatic heterocycles. The van der Waals surface area contributed by atoms with Crippen molar-refractivity contribution in [2.24, 2.45) is 11.7 Å². The molecule has 0 saturated carbocycles. The number of primary amides is 1. The molecule has 0 rings (SSSR count). The Balaban J connectivity index is 3.68. The Hall–Kier alpha value is -0.260. The normalized spacial score (nSPS) is 16.8. The summed E-state index contributed by atoms with van der Waals surface area (Å²) in [5.74, 6) is 2.00. The molecule has 0 aliphatic rings. The molecule has 2 atom stereocenters. The first-order chi connectivity index (χ1) is 7.46. The van der Waals surface area contributed by atoms with Crippen molar-refractivity contribution in [3.05, 3.63) is 0 Å². The lowest BCUT2D eigenvalue weighted by molar-refractivity contribution is -0.123. The summed E-state index contributed by atoms with van der Waals surface area (Å²) in [4.78, 5) is 11.2. The molecule has 0 aromatic carbocycles. The van der Waals surface area contributed by atoms with E-state index in [2.05, 4.69) is 5.32 Å². The Morgan fingerprint density at radius 3 is 2.69 bits per heavy atom. The van der Waals surface area contributed by atoms with Gasteiger partial charge in [0.2, 0.25) is 5.91 Å². The third kappa shape index (κ3) is 5.72. The number of aliphatic hydroxyl groups is 1. The molecule has 4 N–H and O–H groups in total. The molecule has 0 bridgehead atoms. The summed E-state index contributed by atoms with van der Waals surface area (Å²) in [6.07, 6.45) is 1.70. The van der Waals surface area contributed by atoms with Crippen LogP contribution in [0, 0.1) is 5.92 Å². The van der Waals surface area contributed by atoms with Crippen LogP contribution in [0.5, 0.6) is 0 Å². The van der Waals surface area contributed by atoms with Gasteiger partial charge in [-0.1, -0.05) is 6.92 Å². The van der Waals surface area contributed by atoms with Crippen LogP contribution in [-0.2, 0) is 4.79 Å². The highest BCUT2D eigenvalue weighted by Crippen LogP contribution is 2.15. The number of aliphatic hydroxyl groups excluding tert-OH is 1. The van der Waals surface area contributed by atoms with E-state index >= 15 is 0 Å². The third-order valence-electron chi connectivity index (χ3n) is 2.78. The molecule has 2 unspecified atom stereocenters. The van der Waals surface area contributed by atoms with E-state index in [1.54, 1.807) is 7.05 Å². The SMILES string of the molecule is CNC(C)(CCCSCC(C)CO)C(N)=O. The Morgan fingerprint density at radius 1 is 1.62 bits per heavy atom. The Morgan fingerprint density at radius 2 is 2.25 bits per heavy atom.